The van der Waals surface area contributed by atoms with Crippen LogP contribution in [0.2, 0.25) is 5.02 Å². The lowest BCUT2D eigenvalue weighted by Gasteiger charge is -2.21. The second-order valence-electron chi connectivity index (χ2n) is 5.73. The molecule has 1 heterocycles. The Kier molecular flexibility index (Phi) is 4.69. The molecule has 1 saturated carbocycles. The molecule has 20 heavy (non-hydrogen) atoms. The minimum atomic E-state index is 0.272. The Labute approximate surface area is 125 Å². The molecule has 0 atom stereocenters. The molecule has 110 valence electrons. The van der Waals surface area contributed by atoms with E-state index < -0.39 is 0 Å². The van der Waals surface area contributed by atoms with E-state index in [9.17, 15) is 0 Å². The van der Waals surface area contributed by atoms with Crippen LogP contribution < -0.4 is 14.8 Å². The lowest BCUT2D eigenvalue weighted by molar-refractivity contribution is 0.174. The summed E-state index contributed by atoms with van der Waals surface area (Å²) in [5, 5.41) is 4.32. The number of hydrogen-bond donors (Lipinski definition) is 1. The molecule has 1 aromatic carbocycles. The lowest BCUT2D eigenvalue weighted by atomic mass is 9.96. The Balaban J connectivity index is 1.59. The van der Waals surface area contributed by atoms with Gasteiger partial charge in [0.1, 0.15) is 0 Å². The molecule has 3 nitrogen and oxygen atoms in total. The highest BCUT2D eigenvalue weighted by atomic mass is 35.5. The number of ether oxygens (including phenoxy) is 2. The Hall–Kier alpha value is -0.930. The Bertz CT molecular complexity index is 456. The molecular formula is C16H22ClNO2. The molecule has 2 aliphatic rings. The number of fused-ring (bicyclic) bond motifs is 1. The molecule has 0 saturated heterocycles. The van der Waals surface area contributed by atoms with Gasteiger partial charge in [-0.15, -0.1) is 0 Å². The summed E-state index contributed by atoms with van der Waals surface area (Å²) in [7, 11) is 0. The fourth-order valence-corrected chi connectivity index (χ4v) is 3.33. The molecule has 1 aromatic rings. The van der Waals surface area contributed by atoms with Crippen molar-refractivity contribution in [2.45, 2.75) is 57.5 Å². The zero-order chi connectivity index (χ0) is 13.8. The predicted octanol–water partition coefficient (Wildman–Crippen LogP) is 4.27. The van der Waals surface area contributed by atoms with Crippen LogP contribution in [-0.4, -0.2) is 12.8 Å². The van der Waals surface area contributed by atoms with Crippen molar-refractivity contribution < 1.29 is 9.47 Å². The van der Waals surface area contributed by atoms with Crippen LogP contribution in [0.25, 0.3) is 0 Å². The zero-order valence-electron chi connectivity index (χ0n) is 11.8. The van der Waals surface area contributed by atoms with Gasteiger partial charge in [-0.05, 0) is 30.5 Å². The first-order valence-corrected chi connectivity index (χ1v) is 8.02. The molecule has 1 aliphatic carbocycles. The number of halogens is 1. The number of nitrogens with one attached hydrogen (secondary N) is 1. The molecule has 0 aromatic heterocycles. The van der Waals surface area contributed by atoms with E-state index >= 15 is 0 Å². The minimum Gasteiger partial charge on any atom is -0.454 e. The van der Waals surface area contributed by atoms with Gasteiger partial charge < -0.3 is 14.8 Å². The van der Waals surface area contributed by atoms with Crippen LogP contribution in [0.4, 0.5) is 0 Å². The van der Waals surface area contributed by atoms with Gasteiger partial charge in [-0.2, -0.15) is 0 Å². The minimum absolute atomic E-state index is 0.272. The van der Waals surface area contributed by atoms with E-state index in [0.717, 1.165) is 12.3 Å². The van der Waals surface area contributed by atoms with Gasteiger partial charge in [0.2, 0.25) is 6.79 Å². The van der Waals surface area contributed by atoms with Crippen LogP contribution in [0.1, 0.15) is 50.5 Å². The smallest absolute Gasteiger partial charge is 0.231 e. The Morgan fingerprint density at radius 3 is 2.60 bits per heavy atom. The first-order valence-electron chi connectivity index (χ1n) is 7.64. The summed E-state index contributed by atoms with van der Waals surface area (Å²) in [5.74, 6) is 1.45. The van der Waals surface area contributed by atoms with Gasteiger partial charge >= 0.3 is 0 Å². The molecule has 0 unspecified atom stereocenters. The third kappa shape index (κ3) is 3.39. The number of hydrogen-bond acceptors (Lipinski definition) is 3. The van der Waals surface area contributed by atoms with E-state index in [1.54, 1.807) is 0 Å². The van der Waals surface area contributed by atoms with E-state index in [1.807, 2.05) is 12.1 Å². The highest BCUT2D eigenvalue weighted by molar-refractivity contribution is 6.32. The van der Waals surface area contributed by atoms with E-state index in [-0.39, 0.29) is 6.79 Å². The largest absolute Gasteiger partial charge is 0.454 e. The van der Waals surface area contributed by atoms with Gasteiger partial charge in [0.25, 0.3) is 0 Å². The molecule has 1 N–H and O–H groups in total. The van der Waals surface area contributed by atoms with Crippen molar-refractivity contribution in [1.29, 1.82) is 0 Å². The Morgan fingerprint density at radius 2 is 1.80 bits per heavy atom. The zero-order valence-corrected chi connectivity index (χ0v) is 12.5. The lowest BCUT2D eigenvalue weighted by Crippen LogP contribution is -2.29. The summed E-state index contributed by atoms with van der Waals surface area (Å²) >= 11 is 6.21. The summed E-state index contributed by atoms with van der Waals surface area (Å²) < 4.78 is 10.7. The fraction of sp³-hybridized carbons (Fsp3) is 0.625. The number of rotatable bonds is 3. The van der Waals surface area contributed by atoms with Crippen molar-refractivity contribution in [2.24, 2.45) is 0 Å². The third-order valence-corrected chi connectivity index (χ3v) is 4.47. The molecule has 1 aliphatic heterocycles. The van der Waals surface area contributed by atoms with E-state index in [4.69, 9.17) is 21.1 Å². The maximum atomic E-state index is 6.21. The monoisotopic (exact) mass is 295 g/mol. The summed E-state index contributed by atoms with van der Waals surface area (Å²) in [6, 6.07) is 4.65. The van der Waals surface area contributed by atoms with Crippen molar-refractivity contribution >= 4 is 11.6 Å². The molecule has 1 fully saturated rings. The molecular weight excluding hydrogens is 274 g/mol. The summed E-state index contributed by atoms with van der Waals surface area (Å²) in [5.41, 5.74) is 1.17. The van der Waals surface area contributed by atoms with Crippen molar-refractivity contribution in [3.05, 3.63) is 22.7 Å². The van der Waals surface area contributed by atoms with Gasteiger partial charge in [0, 0.05) is 12.6 Å². The molecule has 4 heteroatoms. The molecule has 0 spiro atoms. The van der Waals surface area contributed by atoms with Gasteiger partial charge in [-0.25, -0.2) is 0 Å². The molecule has 3 rings (SSSR count). The van der Waals surface area contributed by atoms with Crippen molar-refractivity contribution in [2.75, 3.05) is 6.79 Å². The van der Waals surface area contributed by atoms with Crippen molar-refractivity contribution in [1.82, 2.24) is 5.32 Å². The van der Waals surface area contributed by atoms with Crippen LogP contribution in [-0.2, 0) is 6.54 Å². The highest BCUT2D eigenvalue weighted by Crippen LogP contribution is 2.39. The quantitative estimate of drug-likeness (QED) is 0.903. The first kappa shape index (κ1) is 14.0. The normalized spacial score (nSPS) is 19.6. The van der Waals surface area contributed by atoms with E-state index in [0.29, 0.717) is 16.8 Å². The molecule has 0 amide bonds. The van der Waals surface area contributed by atoms with Crippen LogP contribution >= 0.6 is 11.6 Å². The number of benzene rings is 1. The van der Waals surface area contributed by atoms with E-state index in [2.05, 4.69) is 5.32 Å². The second kappa shape index (κ2) is 6.68. The fourth-order valence-electron chi connectivity index (χ4n) is 3.05. The van der Waals surface area contributed by atoms with Crippen LogP contribution in [0.3, 0.4) is 0 Å². The van der Waals surface area contributed by atoms with Gasteiger partial charge in [-0.1, -0.05) is 43.7 Å². The van der Waals surface area contributed by atoms with Crippen LogP contribution in [0.15, 0.2) is 12.1 Å². The maximum Gasteiger partial charge on any atom is 0.231 e. The summed E-state index contributed by atoms with van der Waals surface area (Å²) in [6.45, 7) is 1.12. The summed E-state index contributed by atoms with van der Waals surface area (Å²) in [6.07, 6.45) is 9.45. The molecule has 0 bridgehead atoms. The first-order chi connectivity index (χ1) is 9.83. The maximum absolute atomic E-state index is 6.21. The average molecular weight is 296 g/mol. The van der Waals surface area contributed by atoms with Gasteiger partial charge in [0.05, 0.1) is 5.02 Å². The molecule has 0 radical (unpaired) electrons. The average Bonchev–Trinajstić information content (AvgIpc) is 2.86. The predicted molar refractivity (Wildman–Crippen MR) is 80.5 cm³/mol. The Morgan fingerprint density at radius 1 is 1.05 bits per heavy atom. The van der Waals surface area contributed by atoms with Crippen LogP contribution in [0, 0.1) is 0 Å². The van der Waals surface area contributed by atoms with Gasteiger partial charge in [-0.3, -0.25) is 0 Å². The summed E-state index contributed by atoms with van der Waals surface area (Å²) in [4.78, 5) is 0. The van der Waals surface area contributed by atoms with Crippen molar-refractivity contribution in [3.63, 3.8) is 0 Å². The van der Waals surface area contributed by atoms with Crippen LogP contribution in [0.5, 0.6) is 11.5 Å². The standard InChI is InChI=1S/C16H22ClNO2/c17-14-8-12(9-15-16(14)20-11-19-15)10-18-13-6-4-2-1-3-5-7-13/h8-9,13,18H,1-7,10-11H2. The van der Waals surface area contributed by atoms with Crippen molar-refractivity contribution in [3.8, 4) is 11.5 Å². The second-order valence-corrected chi connectivity index (χ2v) is 6.14. The van der Waals surface area contributed by atoms with E-state index in [1.165, 1.54) is 50.5 Å². The highest BCUT2D eigenvalue weighted by Gasteiger charge is 2.18. The third-order valence-electron chi connectivity index (χ3n) is 4.19. The van der Waals surface area contributed by atoms with Gasteiger partial charge in [0.15, 0.2) is 11.5 Å². The topological polar surface area (TPSA) is 30.5 Å². The SMILES string of the molecule is Clc1cc(CNC2CCCCCCC2)cc2c1OCO2.